The van der Waals surface area contributed by atoms with E-state index < -0.39 is 11.9 Å². The Morgan fingerprint density at radius 3 is 2.47 bits per heavy atom. The molecule has 19 nitrogen and oxygen atoms in total. The Kier molecular flexibility index (Phi) is 21.1. The molecule has 4 aliphatic rings. The Morgan fingerprint density at radius 1 is 0.932 bits per heavy atom. The number of H-pyrrole nitrogens is 1. The second kappa shape index (κ2) is 27.8. The van der Waals surface area contributed by atoms with Crippen molar-refractivity contribution in [2.45, 2.75) is 89.3 Å². The van der Waals surface area contributed by atoms with E-state index >= 15 is 0 Å². The molecular weight excluding hydrogens is 956 g/mol. The highest BCUT2D eigenvalue weighted by Crippen LogP contribution is 2.36. The summed E-state index contributed by atoms with van der Waals surface area (Å²) < 4.78 is 22.7. The number of aromatic nitrogens is 4. The number of carbonyl (C=O) groups is 5. The Balaban J connectivity index is 0.000000247. The van der Waals surface area contributed by atoms with Gasteiger partial charge in [0.05, 0.1) is 18.8 Å². The molecule has 1 atom stereocenters. The minimum Gasteiger partial charge on any atom is -0.494 e. The number of anilines is 2. The lowest BCUT2D eigenvalue weighted by atomic mass is 9.86. The van der Waals surface area contributed by atoms with Gasteiger partial charge in [0.2, 0.25) is 24.1 Å². The van der Waals surface area contributed by atoms with Gasteiger partial charge in [0.15, 0.2) is 11.6 Å². The van der Waals surface area contributed by atoms with Crippen molar-refractivity contribution >= 4 is 53.8 Å². The van der Waals surface area contributed by atoms with Crippen LogP contribution in [0.2, 0.25) is 0 Å². The van der Waals surface area contributed by atoms with Crippen LogP contribution in [0.3, 0.4) is 0 Å². The minimum atomic E-state index is -0.707. The number of fused-ring (bicyclic) bond motifs is 2. The van der Waals surface area contributed by atoms with Crippen molar-refractivity contribution in [2.75, 3.05) is 70.4 Å². The first kappa shape index (κ1) is 55.4. The molecule has 5 aromatic rings. The molecule has 3 aromatic carbocycles. The lowest BCUT2D eigenvalue weighted by Gasteiger charge is -2.40. The molecule has 0 spiro atoms. The number of aryl methyl sites for hydroxylation is 2. The Hall–Kier alpha value is -6.93. The van der Waals surface area contributed by atoms with E-state index in [2.05, 4.69) is 86.1 Å². The number of unbranched alkanes of at least 4 members (excludes halogenated alkanes) is 2. The van der Waals surface area contributed by atoms with Crippen LogP contribution < -0.4 is 31.2 Å². The molecule has 4 aliphatic heterocycles. The predicted octanol–water partition coefficient (Wildman–Crippen LogP) is 6.12. The van der Waals surface area contributed by atoms with Crippen LogP contribution in [0.15, 0.2) is 85.2 Å². The largest absolute Gasteiger partial charge is 0.494 e. The number of piperidine rings is 2. The molecule has 390 valence electrons. The number of nitrogens with one attached hydrogen (secondary N) is 4. The van der Waals surface area contributed by atoms with Crippen LogP contribution in [0.5, 0.6) is 11.5 Å². The van der Waals surface area contributed by atoms with Crippen LogP contribution >= 0.6 is 12.4 Å². The number of imide groups is 1. The Labute approximate surface area is 432 Å². The lowest BCUT2D eigenvalue weighted by molar-refractivity contribution is -0.137. The number of rotatable bonds is 19. The van der Waals surface area contributed by atoms with Crippen molar-refractivity contribution in [3.63, 3.8) is 0 Å². The fourth-order valence-corrected chi connectivity index (χ4v) is 9.04. The number of nitrogens with two attached hydrogens (primary N) is 1. The fourth-order valence-electron chi connectivity index (χ4n) is 9.04. The summed E-state index contributed by atoms with van der Waals surface area (Å²) in [6, 6.07) is 22.8. The van der Waals surface area contributed by atoms with Gasteiger partial charge in [-0.3, -0.25) is 39.4 Å². The van der Waals surface area contributed by atoms with Crippen LogP contribution in [0.25, 0.3) is 11.4 Å². The van der Waals surface area contributed by atoms with Crippen molar-refractivity contribution in [1.29, 1.82) is 0 Å². The normalized spacial score (nSPS) is 16.7. The summed E-state index contributed by atoms with van der Waals surface area (Å²) in [5.74, 6) is 2.07. The van der Waals surface area contributed by atoms with Gasteiger partial charge in [-0.2, -0.15) is 5.10 Å². The molecule has 5 amide bonds. The topological polar surface area (TPSA) is 245 Å². The molecule has 2 fully saturated rings. The van der Waals surface area contributed by atoms with Gasteiger partial charge in [0, 0.05) is 86.3 Å². The van der Waals surface area contributed by atoms with E-state index in [1.54, 1.807) is 30.6 Å². The van der Waals surface area contributed by atoms with Crippen molar-refractivity contribution in [3.8, 4) is 22.9 Å². The Morgan fingerprint density at radius 2 is 1.68 bits per heavy atom. The molecule has 6 N–H and O–H groups in total. The number of nitrogens with zero attached hydrogens (tertiary/aromatic N) is 5. The monoisotopic (exact) mass is 1020 g/mol. The third-order valence-corrected chi connectivity index (χ3v) is 12.9. The van der Waals surface area contributed by atoms with Gasteiger partial charge in [-0.05, 0) is 137 Å². The molecule has 2 aromatic heterocycles. The maximum Gasteiger partial charge on any atom is 0.255 e. The van der Waals surface area contributed by atoms with E-state index in [-0.39, 0.29) is 68.1 Å². The molecule has 6 heterocycles. The number of pyridine rings is 1. The summed E-state index contributed by atoms with van der Waals surface area (Å²) in [6.07, 6.45) is 11.9. The molecule has 0 bridgehead atoms. The standard InChI is InChI=1S/C32H39N3O8.C20H24N6.CH3NO.ClH/c36-29-13-11-27(31(38)34-29)35-20-25-24(32(35)39)8-4-9-26(25)33-30(37)21-41-16-6-15-40-14-2-1-3-17-42-23-10-12-28-22(19-23)7-5-18-43-28;1-15-4-3-5-17(14-15)23-20(8-12-26(2)13-9-20)19-22-18(24-25-19)16-6-10-21-11-7-16;2-1-3;/h4,8-10,12,19,27H,1-3,5-7,11,13-18,20-21H2,(H,33,37)(H,34,36,38);3-7,10-11,14,23H,8-9,12-13H2,1-2H3,(H,22,24,25);1H,(H2,2,3);1H. The maximum absolute atomic E-state index is 12.9. The number of likely N-dealkylation sites (tertiary alicyclic amines) is 1. The van der Waals surface area contributed by atoms with Crippen LogP contribution in [0, 0.1) is 6.92 Å². The zero-order valence-electron chi connectivity index (χ0n) is 41.6. The number of aromatic amines is 1. The zero-order valence-corrected chi connectivity index (χ0v) is 42.4. The summed E-state index contributed by atoms with van der Waals surface area (Å²) >= 11 is 0. The van der Waals surface area contributed by atoms with Gasteiger partial charge < -0.3 is 45.1 Å². The summed E-state index contributed by atoms with van der Waals surface area (Å²) in [6.45, 7) is 7.30. The molecule has 73 heavy (non-hydrogen) atoms. The summed E-state index contributed by atoms with van der Waals surface area (Å²) in [5.41, 5.74) is 10.1. The van der Waals surface area contributed by atoms with Gasteiger partial charge in [-0.15, -0.1) is 12.4 Å². The minimum absolute atomic E-state index is 0. The highest BCUT2D eigenvalue weighted by molar-refractivity contribution is 6.06. The van der Waals surface area contributed by atoms with Gasteiger partial charge in [-0.25, -0.2) is 4.98 Å². The lowest BCUT2D eigenvalue weighted by Crippen LogP contribution is -2.52. The van der Waals surface area contributed by atoms with E-state index in [1.807, 2.05) is 24.3 Å². The first-order chi connectivity index (χ1) is 35.1. The maximum atomic E-state index is 12.9. The number of hydrogen-bond acceptors (Lipinski definition) is 14. The number of primary amides is 1. The number of carbonyl (C=O) groups excluding carboxylic acids is 5. The first-order valence-corrected chi connectivity index (χ1v) is 24.7. The molecule has 0 aliphatic carbocycles. The SMILES string of the molecule is Cc1cccc(NC2(c3nc(-c4ccncc4)n[nH]3)CCN(C)CC2)c1.Cl.NC=O.O=C1CCC(N2Cc3c(NC(=O)COCCCOCCCCCOc4ccc5c(c4)CCCO5)cccc3C2=O)C(=O)N1. The van der Waals surface area contributed by atoms with Crippen LogP contribution in [0.4, 0.5) is 11.4 Å². The number of benzene rings is 3. The average molecular weight is 1020 g/mol. The second-order valence-electron chi connectivity index (χ2n) is 18.2. The predicted molar refractivity (Wildman–Crippen MR) is 277 cm³/mol. The van der Waals surface area contributed by atoms with E-state index in [1.165, 1.54) is 16.0 Å². The summed E-state index contributed by atoms with van der Waals surface area (Å²) in [4.78, 5) is 70.5. The summed E-state index contributed by atoms with van der Waals surface area (Å²) in [7, 11) is 2.17. The van der Waals surface area contributed by atoms with Gasteiger partial charge in [0.25, 0.3) is 5.91 Å². The molecule has 20 heteroatoms. The van der Waals surface area contributed by atoms with Crippen LogP contribution in [0.1, 0.15) is 90.7 Å². The van der Waals surface area contributed by atoms with Crippen molar-refractivity contribution in [3.05, 3.63) is 113 Å². The van der Waals surface area contributed by atoms with Crippen LogP contribution in [-0.2, 0) is 47.2 Å². The first-order valence-electron chi connectivity index (χ1n) is 24.7. The molecule has 9 rings (SSSR count). The van der Waals surface area contributed by atoms with E-state index in [9.17, 15) is 19.2 Å². The quantitative estimate of drug-likeness (QED) is 0.0356. The van der Waals surface area contributed by atoms with E-state index in [0.717, 1.165) is 93.2 Å². The van der Waals surface area contributed by atoms with Gasteiger partial charge in [-0.1, -0.05) is 18.2 Å². The summed E-state index contributed by atoms with van der Waals surface area (Å²) in [5, 5.41) is 16.5. The number of halogens is 1. The van der Waals surface area contributed by atoms with Gasteiger partial charge in [0.1, 0.15) is 24.1 Å². The Bertz CT molecular complexity index is 2610. The van der Waals surface area contributed by atoms with Crippen molar-refractivity contribution in [2.24, 2.45) is 5.73 Å². The number of ether oxygens (including phenoxy) is 4. The van der Waals surface area contributed by atoms with E-state index in [4.69, 9.17) is 28.7 Å². The number of amides is 5. The van der Waals surface area contributed by atoms with E-state index in [0.29, 0.717) is 55.5 Å². The molecule has 2 saturated heterocycles. The third-order valence-electron chi connectivity index (χ3n) is 12.9. The molecule has 0 radical (unpaired) electrons. The van der Waals surface area contributed by atoms with Crippen molar-refractivity contribution in [1.82, 2.24) is 35.3 Å². The molecular formula is C53H67ClN10O9. The number of hydrogen-bond donors (Lipinski definition) is 5. The molecule has 1 unspecified atom stereocenters. The second-order valence-corrected chi connectivity index (χ2v) is 18.2. The van der Waals surface area contributed by atoms with Crippen LogP contribution in [-0.4, -0.2) is 126 Å². The average Bonchev–Trinajstić information content (AvgIpc) is 4.02. The van der Waals surface area contributed by atoms with Gasteiger partial charge >= 0.3 is 0 Å². The fraction of sp³-hybridized carbons (Fsp3) is 0.434. The zero-order chi connectivity index (χ0) is 50.7. The highest BCUT2D eigenvalue weighted by Gasteiger charge is 2.41. The highest BCUT2D eigenvalue weighted by atomic mass is 35.5. The third kappa shape index (κ3) is 15.5. The molecule has 0 saturated carbocycles. The van der Waals surface area contributed by atoms with Crippen molar-refractivity contribution < 1.29 is 42.9 Å². The smallest absolute Gasteiger partial charge is 0.255 e.